The minimum Gasteiger partial charge on any atom is -0.710 e. The lowest BCUT2D eigenvalue weighted by Gasteiger charge is -2.17. The van der Waals surface area contributed by atoms with Crippen molar-refractivity contribution in [2.24, 2.45) is 5.92 Å². The van der Waals surface area contributed by atoms with Crippen molar-refractivity contribution in [1.82, 2.24) is 0 Å². The molecule has 0 aliphatic carbocycles. The van der Waals surface area contributed by atoms with Crippen LogP contribution >= 0.6 is 31.9 Å². The van der Waals surface area contributed by atoms with Gasteiger partial charge in [0.1, 0.15) is 0 Å². The monoisotopic (exact) mass is 394 g/mol. The van der Waals surface area contributed by atoms with Crippen molar-refractivity contribution in [2.45, 2.75) is 26.3 Å². The molecule has 0 radical (unpaired) electrons. The van der Waals surface area contributed by atoms with Crippen molar-refractivity contribution >= 4 is 43.6 Å². The third-order valence-corrected chi connectivity index (χ3v) is 3.47. The highest BCUT2D eigenvalue weighted by molar-refractivity contribution is 9.11. The number of halogens is 2. The molecule has 0 saturated carbocycles. The Morgan fingerprint density at radius 1 is 1.47 bits per heavy atom. The number of hydrogen-bond donors (Lipinski definition) is 1. The second-order valence-corrected chi connectivity index (χ2v) is 6.25. The molecule has 0 fully saturated rings. The van der Waals surface area contributed by atoms with E-state index in [0.717, 1.165) is 4.47 Å². The van der Waals surface area contributed by atoms with Gasteiger partial charge in [-0.1, -0.05) is 29.8 Å². The van der Waals surface area contributed by atoms with Crippen molar-refractivity contribution in [1.29, 1.82) is 0 Å². The molecule has 1 N–H and O–H groups in total. The number of aromatic nitrogens is 1. The molecule has 0 spiro atoms. The van der Waals surface area contributed by atoms with Gasteiger partial charge < -0.3 is 9.94 Å². The smallest absolute Gasteiger partial charge is 0.350 e. The van der Waals surface area contributed by atoms with Gasteiger partial charge in [-0.2, -0.15) is 0 Å². The van der Waals surface area contributed by atoms with Crippen LogP contribution in [0.25, 0.3) is 0 Å². The number of rotatable bonds is 5. The normalized spacial score (nSPS) is 12.3. The average molecular weight is 396 g/mol. The van der Waals surface area contributed by atoms with E-state index in [1.54, 1.807) is 12.1 Å². The topological polar surface area (TPSA) is 65.3 Å². The van der Waals surface area contributed by atoms with Crippen LogP contribution in [0.5, 0.6) is 0 Å². The van der Waals surface area contributed by atoms with Crippen molar-refractivity contribution in [3.63, 3.8) is 0 Å². The minimum atomic E-state index is -0.550. The van der Waals surface area contributed by atoms with Crippen LogP contribution in [0.1, 0.15) is 20.3 Å². The molecule has 1 atom stereocenters. The van der Waals surface area contributed by atoms with Crippen molar-refractivity contribution in [3.8, 4) is 0 Å². The van der Waals surface area contributed by atoms with Crippen molar-refractivity contribution < 1.29 is 14.3 Å². The highest BCUT2D eigenvalue weighted by atomic mass is 79.9. The molecular formula is C12H16Br2N2O3. The Bertz CT molecular complexity index is 467. The Labute approximate surface area is 129 Å². The second-order valence-electron chi connectivity index (χ2n) is 4.53. The Hall–Kier alpha value is -0.820. The third kappa shape index (κ3) is 4.65. The van der Waals surface area contributed by atoms with Gasteiger partial charge in [0.15, 0.2) is 10.6 Å². The molecule has 0 bridgehead atoms. The Balaban J connectivity index is 2.99. The van der Waals surface area contributed by atoms with Crippen LogP contribution in [0.4, 0.5) is 5.82 Å². The maximum Gasteiger partial charge on any atom is 0.350 e. The highest BCUT2D eigenvalue weighted by Gasteiger charge is 2.26. The molecule has 1 aromatic rings. The SMILES string of the molecule is COC(=O)[C@H](CC(C)C)Nc1cc(Br)cc(Br)[n+]1[O-]. The first-order chi connectivity index (χ1) is 8.85. The standard InChI is InChI=1S/C12H16Br2N2O3/c1-7(2)4-9(12(17)19-3)15-11-6-8(13)5-10(14)16(11)18/h5-7,9,15H,4H2,1-3H3/t9-/m0/s1. The van der Waals surface area contributed by atoms with Crippen LogP contribution in [-0.2, 0) is 9.53 Å². The van der Waals surface area contributed by atoms with Gasteiger partial charge in [-0.3, -0.25) is 5.32 Å². The van der Waals surface area contributed by atoms with E-state index in [1.165, 1.54) is 7.11 Å². The summed E-state index contributed by atoms with van der Waals surface area (Å²) in [6.45, 7) is 4.00. The first-order valence-corrected chi connectivity index (χ1v) is 7.36. The molecule has 0 aromatic carbocycles. The molecule has 1 rings (SSSR count). The zero-order valence-corrected chi connectivity index (χ0v) is 14.1. The first-order valence-electron chi connectivity index (χ1n) is 5.78. The number of esters is 1. The molecule has 1 aromatic heterocycles. The molecule has 19 heavy (non-hydrogen) atoms. The summed E-state index contributed by atoms with van der Waals surface area (Å²) < 4.78 is 6.53. The van der Waals surface area contributed by atoms with Gasteiger partial charge in [0, 0.05) is 23.0 Å². The zero-order valence-electron chi connectivity index (χ0n) is 10.9. The molecule has 0 unspecified atom stereocenters. The van der Waals surface area contributed by atoms with E-state index < -0.39 is 6.04 Å². The van der Waals surface area contributed by atoms with E-state index >= 15 is 0 Å². The Kier molecular flexibility index (Phi) is 6.06. The van der Waals surface area contributed by atoms with E-state index in [9.17, 15) is 10.0 Å². The van der Waals surface area contributed by atoms with Crippen LogP contribution < -0.4 is 10.0 Å². The minimum absolute atomic E-state index is 0.289. The summed E-state index contributed by atoms with van der Waals surface area (Å²) in [6.07, 6.45) is 0.580. The summed E-state index contributed by atoms with van der Waals surface area (Å²) >= 11 is 6.46. The van der Waals surface area contributed by atoms with Gasteiger partial charge in [-0.25, -0.2) is 9.52 Å². The molecule has 1 heterocycles. The summed E-state index contributed by atoms with van der Waals surface area (Å²) in [5, 5.41) is 14.8. The fourth-order valence-corrected chi connectivity index (χ4v) is 2.80. The number of nitrogens with zero attached hydrogens (tertiary/aromatic N) is 1. The van der Waals surface area contributed by atoms with Crippen LogP contribution in [0.3, 0.4) is 0 Å². The van der Waals surface area contributed by atoms with Crippen molar-refractivity contribution in [3.05, 3.63) is 26.4 Å². The lowest BCUT2D eigenvalue weighted by atomic mass is 10.0. The number of carbonyl (C=O) groups is 1. The van der Waals surface area contributed by atoms with Gasteiger partial charge in [-0.05, 0) is 21.8 Å². The molecule has 5 nitrogen and oxygen atoms in total. The molecule has 0 amide bonds. The fraction of sp³-hybridized carbons (Fsp3) is 0.500. The van der Waals surface area contributed by atoms with E-state index in [0.29, 0.717) is 21.7 Å². The van der Waals surface area contributed by atoms with Gasteiger partial charge in [0.25, 0.3) is 5.82 Å². The van der Waals surface area contributed by atoms with Gasteiger partial charge in [0.2, 0.25) is 0 Å². The average Bonchev–Trinajstić information content (AvgIpc) is 2.32. The van der Waals surface area contributed by atoms with E-state index in [2.05, 4.69) is 37.2 Å². The number of ether oxygens (including phenoxy) is 1. The third-order valence-electron chi connectivity index (χ3n) is 2.46. The van der Waals surface area contributed by atoms with E-state index in [-0.39, 0.29) is 11.8 Å². The Morgan fingerprint density at radius 3 is 2.63 bits per heavy atom. The molecule has 106 valence electrons. The molecule has 0 aliphatic rings. The van der Waals surface area contributed by atoms with E-state index in [1.807, 2.05) is 13.8 Å². The van der Waals surface area contributed by atoms with Gasteiger partial charge in [0.05, 0.1) is 7.11 Å². The van der Waals surface area contributed by atoms with Gasteiger partial charge >= 0.3 is 5.97 Å². The number of pyridine rings is 1. The predicted molar refractivity (Wildman–Crippen MR) is 79.7 cm³/mol. The largest absolute Gasteiger partial charge is 0.710 e. The second kappa shape index (κ2) is 7.09. The number of hydrogen-bond acceptors (Lipinski definition) is 4. The lowest BCUT2D eigenvalue weighted by Crippen LogP contribution is -2.39. The molecule has 7 heteroatoms. The summed E-state index contributed by atoms with van der Waals surface area (Å²) in [5.41, 5.74) is 0. The quantitative estimate of drug-likeness (QED) is 0.360. The van der Waals surface area contributed by atoms with Gasteiger partial charge in [-0.15, -0.1) is 0 Å². The van der Waals surface area contributed by atoms with Crippen LogP contribution in [0, 0.1) is 11.1 Å². The summed E-state index contributed by atoms with van der Waals surface area (Å²) in [7, 11) is 1.33. The number of carbonyl (C=O) groups excluding carboxylic acids is 1. The summed E-state index contributed by atoms with van der Waals surface area (Å²) in [5.74, 6) is 0.203. The molecule has 0 aliphatic heterocycles. The maximum absolute atomic E-state index is 11.9. The number of anilines is 1. The predicted octanol–water partition coefficient (Wildman–Crippen LogP) is 2.84. The first kappa shape index (κ1) is 16.2. The zero-order chi connectivity index (χ0) is 14.6. The van der Waals surface area contributed by atoms with Crippen LogP contribution in [-0.4, -0.2) is 19.1 Å². The fourth-order valence-electron chi connectivity index (χ4n) is 1.62. The van der Waals surface area contributed by atoms with Crippen molar-refractivity contribution in [2.75, 3.05) is 12.4 Å². The highest BCUT2D eigenvalue weighted by Crippen LogP contribution is 2.19. The lowest BCUT2D eigenvalue weighted by molar-refractivity contribution is -0.602. The molecular weight excluding hydrogens is 380 g/mol. The number of nitrogens with one attached hydrogen (secondary N) is 1. The molecule has 0 saturated heterocycles. The number of methoxy groups -OCH3 is 1. The maximum atomic E-state index is 11.9. The van der Waals surface area contributed by atoms with E-state index in [4.69, 9.17) is 4.74 Å². The van der Waals surface area contributed by atoms with Crippen LogP contribution in [0.15, 0.2) is 21.2 Å². The summed E-state index contributed by atoms with van der Waals surface area (Å²) in [4.78, 5) is 11.7. The summed E-state index contributed by atoms with van der Waals surface area (Å²) in [6, 6.07) is 2.70. The Morgan fingerprint density at radius 2 is 2.11 bits per heavy atom. The van der Waals surface area contributed by atoms with Crippen LogP contribution in [0.2, 0.25) is 0 Å².